The molecule has 0 saturated carbocycles. The number of nitrogens with one attached hydrogen (secondary N) is 4. The predicted octanol–water partition coefficient (Wildman–Crippen LogP) is 3.26. The third kappa shape index (κ3) is 13.7. The van der Waals surface area contributed by atoms with E-state index in [0.717, 1.165) is 37.3 Å². The lowest BCUT2D eigenvalue weighted by Gasteiger charge is -2.18. The minimum atomic E-state index is -4.81. The lowest BCUT2D eigenvalue weighted by atomic mass is 10.1. The van der Waals surface area contributed by atoms with Gasteiger partial charge in [-0.1, -0.05) is 18.2 Å². The Hall–Kier alpha value is -4.53. The van der Waals surface area contributed by atoms with Crippen molar-refractivity contribution >= 4 is 39.2 Å². The van der Waals surface area contributed by atoms with E-state index < -0.39 is 51.0 Å². The molecule has 0 radical (unpaired) electrons. The number of carbonyl (C=O) groups is 2. The van der Waals surface area contributed by atoms with Gasteiger partial charge in [0.25, 0.3) is 0 Å². The molecule has 2 aromatic carbocycles. The number of hydrogen-bond donors (Lipinski definition) is 6. The van der Waals surface area contributed by atoms with Gasteiger partial charge in [0.1, 0.15) is 30.0 Å². The molecule has 296 valence electrons. The number of aliphatic carboxylic acids is 1. The van der Waals surface area contributed by atoms with Crippen LogP contribution in [0.2, 0.25) is 0 Å². The molecule has 3 aromatic rings. The highest BCUT2D eigenvalue weighted by atomic mass is 32.2. The molecule has 1 aromatic heterocycles. The number of aryl methyl sites for hydroxylation is 1. The number of sulfonamides is 1. The number of pyridine rings is 1. The Kier molecular flexibility index (Phi) is 16.3. The van der Waals surface area contributed by atoms with Gasteiger partial charge >= 0.3 is 12.1 Å². The van der Waals surface area contributed by atoms with Gasteiger partial charge in [-0.25, -0.2) is 13.4 Å². The molecular weight excluding hydrogens is 737 g/mol. The third-order valence-corrected chi connectivity index (χ3v) is 9.31. The topological polar surface area (TPSA) is 212 Å². The van der Waals surface area contributed by atoms with E-state index in [2.05, 4.69) is 20.9 Å². The molecule has 1 amide bonds. The van der Waals surface area contributed by atoms with Crippen molar-refractivity contribution in [2.75, 3.05) is 81.8 Å². The summed E-state index contributed by atoms with van der Waals surface area (Å²) in [5.41, 5.74) is 5.75. The first kappa shape index (κ1) is 42.2. The fraction of sp³-hybridized carbons (Fsp3) is 0.457. The van der Waals surface area contributed by atoms with Crippen LogP contribution in [-0.4, -0.2) is 102 Å². The fourth-order valence-corrected chi connectivity index (χ4v) is 6.44. The summed E-state index contributed by atoms with van der Waals surface area (Å²) >= 11 is 0. The van der Waals surface area contributed by atoms with E-state index >= 15 is 0 Å². The minimum absolute atomic E-state index is 0.113. The average molecular weight is 783 g/mol. The average Bonchev–Trinajstić information content (AvgIpc) is 3.14. The van der Waals surface area contributed by atoms with Gasteiger partial charge < -0.3 is 45.7 Å². The molecule has 54 heavy (non-hydrogen) atoms. The SMILES string of the molecule is NCCOCCOCCOCC(=O)Nc1cc(C[C@H](NS(=O)(=O)c2cccc(C(F)(F)F)c2)C(=O)O)ccc1OCCCNc1ccc2c(n1)NCCC2. The number of nitrogens with two attached hydrogens (primary N) is 1. The smallest absolute Gasteiger partial charge is 0.416 e. The number of nitrogens with zero attached hydrogens (tertiary/aromatic N) is 1. The van der Waals surface area contributed by atoms with E-state index in [1.54, 1.807) is 0 Å². The number of benzene rings is 2. The van der Waals surface area contributed by atoms with Gasteiger partial charge in [-0.15, -0.1) is 0 Å². The van der Waals surface area contributed by atoms with Crippen LogP contribution in [0.5, 0.6) is 5.75 Å². The van der Waals surface area contributed by atoms with E-state index in [4.69, 9.17) is 24.7 Å². The number of carboxylic acid groups (broad SMARTS) is 1. The van der Waals surface area contributed by atoms with Crippen LogP contribution >= 0.6 is 0 Å². The Bertz CT molecular complexity index is 1800. The van der Waals surface area contributed by atoms with Crippen LogP contribution < -0.4 is 31.1 Å². The van der Waals surface area contributed by atoms with Gasteiger partial charge in [-0.2, -0.15) is 17.9 Å². The van der Waals surface area contributed by atoms with Crippen LogP contribution in [0, 0.1) is 0 Å². The lowest BCUT2D eigenvalue weighted by Crippen LogP contribution is -2.42. The maximum atomic E-state index is 13.2. The summed E-state index contributed by atoms with van der Waals surface area (Å²) in [6, 6.07) is 9.55. The maximum absolute atomic E-state index is 13.2. The molecule has 0 bridgehead atoms. The minimum Gasteiger partial charge on any atom is -0.491 e. The zero-order chi connectivity index (χ0) is 39.0. The van der Waals surface area contributed by atoms with Crippen LogP contribution in [0.15, 0.2) is 59.5 Å². The van der Waals surface area contributed by atoms with Gasteiger partial charge in [0.05, 0.1) is 55.8 Å². The Morgan fingerprint density at radius 2 is 1.74 bits per heavy atom. The molecule has 0 aliphatic carbocycles. The fourth-order valence-electron chi connectivity index (χ4n) is 5.21. The quantitative estimate of drug-likeness (QED) is 0.0764. The first-order valence-electron chi connectivity index (χ1n) is 17.2. The molecule has 7 N–H and O–H groups in total. The molecule has 1 atom stereocenters. The predicted molar refractivity (Wildman–Crippen MR) is 193 cm³/mol. The summed E-state index contributed by atoms with van der Waals surface area (Å²) in [7, 11) is -4.69. The Labute approximate surface area is 311 Å². The number of carboxylic acids is 1. The molecule has 19 heteroatoms. The lowest BCUT2D eigenvalue weighted by molar-refractivity contribution is -0.139. The number of carbonyl (C=O) groups excluding carboxylic acids is 1. The van der Waals surface area contributed by atoms with Crippen molar-refractivity contribution < 1.29 is 55.2 Å². The highest BCUT2D eigenvalue weighted by molar-refractivity contribution is 7.89. The van der Waals surface area contributed by atoms with E-state index in [1.807, 2.05) is 16.9 Å². The summed E-state index contributed by atoms with van der Waals surface area (Å²) in [5, 5.41) is 19.1. The maximum Gasteiger partial charge on any atom is 0.416 e. The molecule has 1 aliphatic rings. The number of hydrogen-bond acceptors (Lipinski definition) is 12. The second-order valence-electron chi connectivity index (χ2n) is 12.0. The Balaban J connectivity index is 1.39. The summed E-state index contributed by atoms with van der Waals surface area (Å²) in [4.78, 5) is 28.8. The third-order valence-electron chi connectivity index (χ3n) is 7.84. The summed E-state index contributed by atoms with van der Waals surface area (Å²) < 4.78 is 89.5. The zero-order valence-corrected chi connectivity index (χ0v) is 30.3. The Morgan fingerprint density at radius 3 is 2.48 bits per heavy atom. The number of aromatic nitrogens is 1. The first-order valence-corrected chi connectivity index (χ1v) is 18.7. The van der Waals surface area contributed by atoms with E-state index in [0.29, 0.717) is 57.3 Å². The highest BCUT2D eigenvalue weighted by Gasteiger charge is 2.33. The highest BCUT2D eigenvalue weighted by Crippen LogP contribution is 2.31. The molecule has 2 heterocycles. The number of rotatable bonds is 23. The van der Waals surface area contributed by atoms with Crippen molar-refractivity contribution in [3.05, 3.63) is 71.3 Å². The van der Waals surface area contributed by atoms with Gasteiger partial charge in [-0.3, -0.25) is 9.59 Å². The van der Waals surface area contributed by atoms with Gasteiger partial charge in [0, 0.05) is 19.6 Å². The van der Waals surface area contributed by atoms with Crippen molar-refractivity contribution in [1.29, 1.82) is 0 Å². The second kappa shape index (κ2) is 20.8. The van der Waals surface area contributed by atoms with Crippen LogP contribution in [0.3, 0.4) is 0 Å². The first-order chi connectivity index (χ1) is 25.9. The van der Waals surface area contributed by atoms with Crippen LogP contribution in [0.4, 0.5) is 30.5 Å². The molecule has 15 nitrogen and oxygen atoms in total. The summed E-state index contributed by atoms with van der Waals surface area (Å²) in [5.74, 6) is -0.310. The van der Waals surface area contributed by atoms with Crippen molar-refractivity contribution in [1.82, 2.24) is 9.71 Å². The zero-order valence-electron chi connectivity index (χ0n) is 29.5. The number of anilines is 3. The molecule has 0 spiro atoms. The van der Waals surface area contributed by atoms with E-state index in [9.17, 15) is 36.3 Å². The molecule has 0 unspecified atom stereocenters. The summed E-state index contributed by atoms with van der Waals surface area (Å²) in [6.45, 7) is 3.09. The van der Waals surface area contributed by atoms with E-state index in [1.165, 1.54) is 23.8 Å². The van der Waals surface area contributed by atoms with Gasteiger partial charge in [0.15, 0.2) is 0 Å². The standard InChI is InChI=1S/C35H45F3N6O9S/c36-35(37,38)26-5-1-6-27(22-26)54(48,49)44-29(34(46)47)21-24-7-9-30(28(20-24)42-32(45)23-52-19-18-51-17-16-50-15-11-39)53-14-3-13-40-31-10-8-25-4-2-12-41-33(25)43-31/h1,5-10,20,22,29,44H,2-4,11-19,21,23,39H2,(H,42,45)(H,46,47)(H2,40,41,43)/t29-/m0/s1. The number of alkyl halides is 3. The number of halogens is 3. The molecular formula is C35H45F3N6O9S. The Morgan fingerprint density at radius 1 is 0.981 bits per heavy atom. The van der Waals surface area contributed by atoms with Crippen molar-refractivity contribution in [3.63, 3.8) is 0 Å². The van der Waals surface area contributed by atoms with Crippen molar-refractivity contribution in [2.45, 2.75) is 42.8 Å². The normalized spacial score (nSPS) is 13.4. The molecule has 0 fully saturated rings. The van der Waals surface area contributed by atoms with E-state index in [-0.39, 0.29) is 43.4 Å². The van der Waals surface area contributed by atoms with Gasteiger partial charge in [-0.05, 0) is 73.2 Å². The number of fused-ring (bicyclic) bond motifs is 1. The molecule has 4 rings (SSSR count). The van der Waals surface area contributed by atoms with Crippen LogP contribution in [0.1, 0.15) is 29.5 Å². The molecule has 1 aliphatic heterocycles. The van der Waals surface area contributed by atoms with Crippen molar-refractivity contribution in [3.8, 4) is 5.75 Å². The van der Waals surface area contributed by atoms with Crippen LogP contribution in [0.25, 0.3) is 0 Å². The number of ether oxygens (including phenoxy) is 4. The summed E-state index contributed by atoms with van der Waals surface area (Å²) in [6.07, 6.45) is -2.67. The van der Waals surface area contributed by atoms with Gasteiger partial charge in [0.2, 0.25) is 15.9 Å². The van der Waals surface area contributed by atoms with Crippen molar-refractivity contribution in [2.24, 2.45) is 5.73 Å². The number of amides is 1. The monoisotopic (exact) mass is 782 g/mol. The molecule has 0 saturated heterocycles. The van der Waals surface area contributed by atoms with Crippen LogP contribution in [-0.2, 0) is 52.8 Å². The second-order valence-corrected chi connectivity index (χ2v) is 13.8. The largest absolute Gasteiger partial charge is 0.491 e.